The second kappa shape index (κ2) is 5.23. The monoisotopic (exact) mass is 349 g/mol. The minimum Gasteiger partial charge on any atom is -0.440 e. The molecule has 0 fully saturated rings. The summed E-state index contributed by atoms with van der Waals surface area (Å²) in [5.74, 6) is -0.146. The maximum absolute atomic E-state index is 13.5. The summed E-state index contributed by atoms with van der Waals surface area (Å²) in [5.41, 5.74) is 4.66. The first-order chi connectivity index (χ1) is 12.5. The molecule has 0 radical (unpaired) electrons. The molecule has 2 N–H and O–H groups in total. The number of rotatable bonds is 1. The van der Waals surface area contributed by atoms with Gasteiger partial charge in [0.2, 0.25) is 11.8 Å². The van der Waals surface area contributed by atoms with Gasteiger partial charge in [-0.2, -0.15) is 5.26 Å². The Morgan fingerprint density at radius 1 is 1.31 bits per heavy atom. The average molecular weight is 349 g/mol. The van der Waals surface area contributed by atoms with Crippen LogP contribution >= 0.6 is 0 Å². The number of nitriles is 1. The zero-order valence-corrected chi connectivity index (χ0v) is 14.2. The van der Waals surface area contributed by atoms with Gasteiger partial charge in [0.15, 0.2) is 5.41 Å². The lowest BCUT2D eigenvalue weighted by Crippen LogP contribution is -2.48. The summed E-state index contributed by atoms with van der Waals surface area (Å²) < 4.78 is 10.8. The molecule has 1 aromatic carbocycles. The molecule has 2 aliphatic heterocycles. The largest absolute Gasteiger partial charge is 0.440 e. The Balaban J connectivity index is 2.22. The lowest BCUT2D eigenvalue weighted by atomic mass is 9.69. The van der Waals surface area contributed by atoms with Crippen molar-refractivity contribution in [3.63, 3.8) is 0 Å². The molecule has 2 aliphatic rings. The van der Waals surface area contributed by atoms with Gasteiger partial charge in [0, 0.05) is 23.9 Å². The van der Waals surface area contributed by atoms with Crippen molar-refractivity contribution < 1.29 is 13.9 Å². The van der Waals surface area contributed by atoms with E-state index in [1.807, 2.05) is 13.0 Å². The number of nitrogens with zero attached hydrogens (tertiary/aromatic N) is 2. The highest BCUT2D eigenvalue weighted by Crippen LogP contribution is 2.53. The van der Waals surface area contributed by atoms with E-state index in [-0.39, 0.29) is 22.8 Å². The molecule has 0 unspecified atom stereocenters. The molecule has 1 amide bonds. The van der Waals surface area contributed by atoms with Crippen LogP contribution in [0.3, 0.4) is 0 Å². The predicted molar refractivity (Wildman–Crippen MR) is 92.4 cm³/mol. The molecular weight excluding hydrogens is 334 g/mol. The number of benzene rings is 1. The second-order valence-electron chi connectivity index (χ2n) is 6.15. The lowest BCUT2D eigenvalue weighted by molar-refractivity contribution is -0.121. The van der Waals surface area contributed by atoms with E-state index in [1.54, 1.807) is 31.2 Å². The van der Waals surface area contributed by atoms with Crippen LogP contribution in [0.2, 0.25) is 0 Å². The van der Waals surface area contributed by atoms with E-state index in [0.717, 1.165) is 0 Å². The van der Waals surface area contributed by atoms with Crippen molar-refractivity contribution in [3.8, 4) is 11.8 Å². The maximum atomic E-state index is 13.5. The third-order valence-electron chi connectivity index (χ3n) is 4.85. The molecule has 0 saturated carbocycles. The molecule has 3 heterocycles. The van der Waals surface area contributed by atoms with Crippen molar-refractivity contribution in [1.82, 2.24) is 0 Å². The molecule has 4 rings (SSSR count). The molecule has 1 atom stereocenters. The Bertz CT molecular complexity index is 1090. The Hall–Kier alpha value is -3.53. The number of hydrogen-bond donors (Lipinski definition) is 1. The van der Waals surface area contributed by atoms with Gasteiger partial charge in [-0.15, -0.1) is 0 Å². The molecule has 0 bridgehead atoms. The fourth-order valence-electron chi connectivity index (χ4n) is 3.87. The number of carbonyl (C=O) groups is 1. The van der Waals surface area contributed by atoms with Gasteiger partial charge < -0.3 is 19.8 Å². The minimum atomic E-state index is -1.66. The molecule has 130 valence electrons. The lowest BCUT2D eigenvalue weighted by Gasteiger charge is -2.33. The number of fused-ring (bicyclic) bond motifs is 4. The van der Waals surface area contributed by atoms with Crippen LogP contribution in [0, 0.1) is 18.3 Å². The fraction of sp³-hybridized carbons (Fsp3) is 0.211. The van der Waals surface area contributed by atoms with Gasteiger partial charge in [-0.25, -0.2) is 4.79 Å². The van der Waals surface area contributed by atoms with E-state index in [4.69, 9.17) is 14.9 Å². The number of ether oxygens (including phenoxy) is 1. The normalized spacial score (nSPS) is 20.7. The van der Waals surface area contributed by atoms with E-state index < -0.39 is 16.9 Å². The third-order valence-corrected chi connectivity index (χ3v) is 4.85. The Morgan fingerprint density at radius 3 is 2.73 bits per heavy atom. The molecule has 7 heteroatoms. The highest BCUT2D eigenvalue weighted by molar-refractivity contribution is 6.14. The minimum absolute atomic E-state index is 0.0118. The number of likely N-dealkylation sites (N-methyl/N-ethyl adjacent to an activating group) is 1. The number of anilines is 1. The zero-order chi connectivity index (χ0) is 18.6. The summed E-state index contributed by atoms with van der Waals surface area (Å²) in [7, 11) is 0. The molecule has 1 spiro atoms. The van der Waals surface area contributed by atoms with Crippen LogP contribution in [0.4, 0.5) is 5.69 Å². The van der Waals surface area contributed by atoms with Crippen molar-refractivity contribution >= 4 is 11.6 Å². The first kappa shape index (κ1) is 16.0. The highest BCUT2D eigenvalue weighted by atomic mass is 16.5. The van der Waals surface area contributed by atoms with Gasteiger partial charge in [0.05, 0.1) is 0 Å². The number of aryl methyl sites for hydroxylation is 1. The molecule has 26 heavy (non-hydrogen) atoms. The van der Waals surface area contributed by atoms with Crippen LogP contribution in [0.5, 0.6) is 5.75 Å². The first-order valence-electron chi connectivity index (χ1n) is 8.11. The maximum Gasteiger partial charge on any atom is 0.344 e. The smallest absolute Gasteiger partial charge is 0.344 e. The van der Waals surface area contributed by atoms with Crippen LogP contribution in [0.25, 0.3) is 0 Å². The zero-order valence-electron chi connectivity index (χ0n) is 14.2. The van der Waals surface area contributed by atoms with E-state index in [1.165, 1.54) is 11.0 Å². The summed E-state index contributed by atoms with van der Waals surface area (Å²) in [4.78, 5) is 27.8. The van der Waals surface area contributed by atoms with Gasteiger partial charge in [-0.1, -0.05) is 18.2 Å². The van der Waals surface area contributed by atoms with Crippen LogP contribution < -0.4 is 21.0 Å². The summed E-state index contributed by atoms with van der Waals surface area (Å²) >= 11 is 0. The second-order valence-corrected chi connectivity index (χ2v) is 6.15. The molecule has 1 aromatic heterocycles. The summed E-state index contributed by atoms with van der Waals surface area (Å²) in [6.07, 6.45) is 0. The molecule has 2 aromatic rings. The van der Waals surface area contributed by atoms with Crippen molar-refractivity contribution in [2.24, 2.45) is 5.73 Å². The van der Waals surface area contributed by atoms with Crippen LogP contribution in [0.15, 0.2) is 51.0 Å². The van der Waals surface area contributed by atoms with E-state index in [0.29, 0.717) is 23.6 Å². The Morgan fingerprint density at radius 2 is 2.04 bits per heavy atom. The Kier molecular flexibility index (Phi) is 3.21. The molecule has 0 saturated heterocycles. The predicted octanol–water partition coefficient (Wildman–Crippen LogP) is 1.69. The number of nitrogens with two attached hydrogens (primary N) is 1. The van der Waals surface area contributed by atoms with Crippen molar-refractivity contribution in [2.45, 2.75) is 19.3 Å². The standard InChI is InChI=1S/C19H15N3O4/c1-3-22-13-7-5-4-6-11(13)19(18(22)24)12(9-20)16(21)26-14-8-10(2)25-17(23)15(14)19/h4-8H,3,21H2,1-2H3/t19-/m0/s1. The quantitative estimate of drug-likeness (QED) is 0.839. The molecular formula is C19H15N3O4. The summed E-state index contributed by atoms with van der Waals surface area (Å²) in [5, 5.41) is 9.79. The van der Waals surface area contributed by atoms with E-state index in [2.05, 4.69) is 0 Å². The number of para-hydroxylation sites is 1. The summed E-state index contributed by atoms with van der Waals surface area (Å²) in [6, 6.07) is 10.5. The first-order valence-corrected chi connectivity index (χ1v) is 8.11. The van der Waals surface area contributed by atoms with E-state index in [9.17, 15) is 14.9 Å². The SMILES string of the molecule is CCN1C(=O)[C@]2(C(C#N)=C(N)Oc3cc(C)oc(=O)c32)c2ccccc21. The number of carbonyl (C=O) groups excluding carboxylic acids is 1. The summed E-state index contributed by atoms with van der Waals surface area (Å²) in [6.45, 7) is 3.80. The number of hydrogen-bond acceptors (Lipinski definition) is 6. The number of amides is 1. The van der Waals surface area contributed by atoms with Crippen molar-refractivity contribution in [2.75, 3.05) is 11.4 Å². The third kappa shape index (κ3) is 1.70. The van der Waals surface area contributed by atoms with Crippen molar-refractivity contribution in [3.05, 3.63) is 69.1 Å². The van der Waals surface area contributed by atoms with Crippen molar-refractivity contribution in [1.29, 1.82) is 5.26 Å². The van der Waals surface area contributed by atoms with Gasteiger partial charge >= 0.3 is 5.63 Å². The van der Waals surface area contributed by atoms with Gasteiger partial charge in [0.25, 0.3) is 0 Å². The molecule has 0 aliphatic carbocycles. The van der Waals surface area contributed by atoms with Crippen LogP contribution in [-0.4, -0.2) is 12.5 Å². The highest BCUT2D eigenvalue weighted by Gasteiger charge is 2.60. The topological polar surface area (TPSA) is 110 Å². The Labute approximate surface area is 148 Å². The van der Waals surface area contributed by atoms with Crippen LogP contribution in [-0.2, 0) is 10.2 Å². The molecule has 7 nitrogen and oxygen atoms in total. The average Bonchev–Trinajstić information content (AvgIpc) is 2.84. The van der Waals surface area contributed by atoms with E-state index >= 15 is 0 Å². The fourth-order valence-corrected chi connectivity index (χ4v) is 3.87. The van der Waals surface area contributed by atoms with Gasteiger partial charge in [-0.3, -0.25) is 4.79 Å². The van der Waals surface area contributed by atoms with Crippen LogP contribution in [0.1, 0.15) is 23.8 Å². The van der Waals surface area contributed by atoms with Gasteiger partial charge in [0.1, 0.15) is 28.7 Å². The van der Waals surface area contributed by atoms with Gasteiger partial charge in [-0.05, 0) is 19.9 Å².